The first-order valence-electron chi connectivity index (χ1n) is 6.05. The third-order valence-electron chi connectivity index (χ3n) is 3.33. The van der Waals surface area contributed by atoms with Crippen molar-refractivity contribution in [2.75, 3.05) is 19.6 Å². The molecule has 1 aromatic rings. The van der Waals surface area contributed by atoms with Crippen LogP contribution in [0.4, 0.5) is 0 Å². The summed E-state index contributed by atoms with van der Waals surface area (Å²) in [5.74, 6) is 0.729. The highest BCUT2D eigenvalue weighted by Gasteiger charge is 2.25. The molecule has 1 aliphatic rings. The second-order valence-corrected chi connectivity index (χ2v) is 5.82. The zero-order valence-electron chi connectivity index (χ0n) is 10.4. The molecule has 0 aromatic carbocycles. The number of hydrogen-bond donors (Lipinski definition) is 1. The first-order chi connectivity index (χ1) is 8.11. The highest BCUT2D eigenvalue weighted by Crippen LogP contribution is 2.23. The molecule has 5 heteroatoms. The van der Waals surface area contributed by atoms with Gasteiger partial charge in [0.15, 0.2) is 0 Å². The fraction of sp³-hybridized carbons (Fsp3) is 0.667. The van der Waals surface area contributed by atoms with Crippen molar-refractivity contribution in [3.63, 3.8) is 0 Å². The van der Waals surface area contributed by atoms with Crippen LogP contribution in [0.3, 0.4) is 0 Å². The lowest BCUT2D eigenvalue weighted by Gasteiger charge is -2.31. The van der Waals surface area contributed by atoms with E-state index in [2.05, 4.69) is 4.98 Å². The Labute approximate surface area is 106 Å². The summed E-state index contributed by atoms with van der Waals surface area (Å²) in [6, 6.07) is 0. The SMILES string of the molecule is Cc1nc(C)c(C(=O)N2CCC(CN)CC2)s1. The lowest BCUT2D eigenvalue weighted by atomic mass is 9.97. The summed E-state index contributed by atoms with van der Waals surface area (Å²) >= 11 is 1.50. The summed E-state index contributed by atoms with van der Waals surface area (Å²) in [6.07, 6.45) is 2.05. The van der Waals surface area contributed by atoms with E-state index in [9.17, 15) is 4.79 Å². The van der Waals surface area contributed by atoms with Gasteiger partial charge in [-0.2, -0.15) is 0 Å². The van der Waals surface area contributed by atoms with Crippen molar-refractivity contribution in [3.8, 4) is 0 Å². The number of nitrogens with zero attached hydrogens (tertiary/aromatic N) is 2. The zero-order valence-corrected chi connectivity index (χ0v) is 11.2. The number of aromatic nitrogens is 1. The number of carbonyl (C=O) groups is 1. The summed E-state index contributed by atoms with van der Waals surface area (Å²) in [5, 5.41) is 0.961. The van der Waals surface area contributed by atoms with E-state index in [-0.39, 0.29) is 5.91 Å². The van der Waals surface area contributed by atoms with Gasteiger partial charge < -0.3 is 10.6 Å². The van der Waals surface area contributed by atoms with Gasteiger partial charge in [0.2, 0.25) is 0 Å². The number of hydrogen-bond acceptors (Lipinski definition) is 4. The lowest BCUT2D eigenvalue weighted by molar-refractivity contribution is 0.0697. The van der Waals surface area contributed by atoms with Gasteiger partial charge in [-0.25, -0.2) is 4.98 Å². The molecule has 1 saturated heterocycles. The molecule has 0 unspecified atom stereocenters. The molecule has 1 fully saturated rings. The van der Waals surface area contributed by atoms with Crippen molar-refractivity contribution < 1.29 is 4.79 Å². The molecule has 0 atom stereocenters. The molecule has 0 aliphatic carbocycles. The van der Waals surface area contributed by atoms with Gasteiger partial charge in [0.1, 0.15) is 4.88 Å². The Morgan fingerprint density at radius 1 is 1.47 bits per heavy atom. The predicted octanol–water partition coefficient (Wildman–Crippen LogP) is 1.57. The monoisotopic (exact) mass is 253 g/mol. The normalized spacial score (nSPS) is 17.5. The van der Waals surface area contributed by atoms with Crippen LogP contribution in [-0.2, 0) is 0 Å². The Morgan fingerprint density at radius 2 is 2.12 bits per heavy atom. The van der Waals surface area contributed by atoms with Crippen molar-refractivity contribution >= 4 is 17.2 Å². The third kappa shape index (κ3) is 2.66. The minimum Gasteiger partial charge on any atom is -0.338 e. The van der Waals surface area contributed by atoms with E-state index >= 15 is 0 Å². The molecule has 2 rings (SSSR count). The average Bonchev–Trinajstić information content (AvgIpc) is 2.68. The second kappa shape index (κ2) is 5.14. The fourth-order valence-electron chi connectivity index (χ4n) is 2.25. The minimum absolute atomic E-state index is 0.142. The van der Waals surface area contributed by atoms with Crippen LogP contribution >= 0.6 is 11.3 Å². The highest BCUT2D eigenvalue weighted by molar-refractivity contribution is 7.13. The van der Waals surface area contributed by atoms with E-state index in [0.29, 0.717) is 5.92 Å². The summed E-state index contributed by atoms with van der Waals surface area (Å²) in [4.78, 5) is 19.3. The maximum atomic E-state index is 12.3. The summed E-state index contributed by atoms with van der Waals surface area (Å²) in [5.41, 5.74) is 6.51. The van der Waals surface area contributed by atoms with Gasteiger partial charge >= 0.3 is 0 Å². The van der Waals surface area contributed by atoms with Gasteiger partial charge in [0.25, 0.3) is 5.91 Å². The quantitative estimate of drug-likeness (QED) is 0.870. The number of piperidine rings is 1. The number of likely N-dealkylation sites (tertiary alicyclic amines) is 1. The standard InChI is InChI=1S/C12H19N3OS/c1-8-11(17-9(2)14-8)12(16)15-5-3-10(7-13)4-6-15/h10H,3-7,13H2,1-2H3. The van der Waals surface area contributed by atoms with Crippen LogP contribution in [0, 0.1) is 19.8 Å². The van der Waals surface area contributed by atoms with Gasteiger partial charge in [0, 0.05) is 13.1 Å². The topological polar surface area (TPSA) is 59.2 Å². The lowest BCUT2D eigenvalue weighted by Crippen LogP contribution is -2.40. The Balaban J connectivity index is 2.04. The van der Waals surface area contributed by atoms with Crippen molar-refractivity contribution in [2.24, 2.45) is 11.7 Å². The number of amides is 1. The largest absolute Gasteiger partial charge is 0.338 e. The van der Waals surface area contributed by atoms with Crippen LogP contribution in [0.1, 0.15) is 33.2 Å². The van der Waals surface area contributed by atoms with Gasteiger partial charge in [-0.1, -0.05) is 0 Å². The number of nitrogens with two attached hydrogens (primary N) is 1. The highest BCUT2D eigenvalue weighted by atomic mass is 32.1. The van der Waals surface area contributed by atoms with Crippen LogP contribution < -0.4 is 5.73 Å². The van der Waals surface area contributed by atoms with E-state index in [0.717, 1.165) is 48.1 Å². The van der Waals surface area contributed by atoms with Crippen molar-refractivity contribution in [3.05, 3.63) is 15.6 Å². The smallest absolute Gasteiger partial charge is 0.265 e. The molecular formula is C12H19N3OS. The summed E-state index contributed by atoms with van der Waals surface area (Å²) in [7, 11) is 0. The summed E-state index contributed by atoms with van der Waals surface area (Å²) < 4.78 is 0. The van der Waals surface area contributed by atoms with Gasteiger partial charge in [-0.3, -0.25) is 4.79 Å². The third-order valence-corrected chi connectivity index (χ3v) is 4.39. The molecule has 1 amide bonds. The molecule has 17 heavy (non-hydrogen) atoms. The first-order valence-corrected chi connectivity index (χ1v) is 6.87. The first kappa shape index (κ1) is 12.5. The fourth-order valence-corrected chi connectivity index (χ4v) is 3.13. The van der Waals surface area contributed by atoms with Crippen molar-refractivity contribution in [1.29, 1.82) is 0 Å². The molecule has 1 aromatic heterocycles. The van der Waals surface area contributed by atoms with E-state index in [1.54, 1.807) is 0 Å². The van der Waals surface area contributed by atoms with Gasteiger partial charge in [-0.05, 0) is 39.2 Å². The zero-order chi connectivity index (χ0) is 12.4. The number of carbonyl (C=O) groups excluding carboxylic acids is 1. The van der Waals surface area contributed by atoms with E-state index in [4.69, 9.17) is 5.73 Å². The van der Waals surface area contributed by atoms with Crippen molar-refractivity contribution in [1.82, 2.24) is 9.88 Å². The molecule has 2 heterocycles. The van der Waals surface area contributed by atoms with Crippen molar-refractivity contribution in [2.45, 2.75) is 26.7 Å². The Bertz CT molecular complexity index is 408. The molecule has 0 saturated carbocycles. The minimum atomic E-state index is 0.142. The van der Waals surface area contributed by atoms with Crippen LogP contribution in [0.15, 0.2) is 0 Å². The van der Waals surface area contributed by atoms with Crippen LogP contribution in [0.2, 0.25) is 0 Å². The number of thiazole rings is 1. The molecule has 1 aliphatic heterocycles. The number of aryl methyl sites for hydroxylation is 2. The van der Waals surface area contributed by atoms with Crippen LogP contribution in [0.5, 0.6) is 0 Å². The van der Waals surface area contributed by atoms with Gasteiger partial charge in [0.05, 0.1) is 10.7 Å². The maximum Gasteiger partial charge on any atom is 0.265 e. The summed E-state index contributed by atoms with van der Waals surface area (Å²) in [6.45, 7) is 6.24. The van der Waals surface area contributed by atoms with Gasteiger partial charge in [-0.15, -0.1) is 11.3 Å². The molecule has 0 bridgehead atoms. The Kier molecular flexibility index (Phi) is 3.79. The van der Waals surface area contributed by atoms with Crippen LogP contribution in [-0.4, -0.2) is 35.4 Å². The molecule has 0 spiro atoms. The average molecular weight is 253 g/mol. The number of rotatable bonds is 2. The molecule has 94 valence electrons. The van der Waals surface area contributed by atoms with E-state index in [1.165, 1.54) is 11.3 Å². The predicted molar refractivity (Wildman–Crippen MR) is 69.3 cm³/mol. The molecule has 2 N–H and O–H groups in total. The Hall–Kier alpha value is -0.940. The molecule has 4 nitrogen and oxygen atoms in total. The van der Waals surface area contributed by atoms with Crippen LogP contribution in [0.25, 0.3) is 0 Å². The second-order valence-electron chi connectivity index (χ2n) is 4.62. The molecule has 0 radical (unpaired) electrons. The maximum absolute atomic E-state index is 12.3. The van der Waals surface area contributed by atoms with E-state index < -0.39 is 0 Å². The Morgan fingerprint density at radius 3 is 2.59 bits per heavy atom. The molecular weight excluding hydrogens is 234 g/mol. The van der Waals surface area contributed by atoms with E-state index in [1.807, 2.05) is 18.7 Å².